The number of amides is 1. The monoisotopic (exact) mass is 390 g/mol. The molecular formula is C21H30N2O3S. The van der Waals surface area contributed by atoms with E-state index in [0.29, 0.717) is 30.6 Å². The highest BCUT2D eigenvalue weighted by atomic mass is 32.1. The third kappa shape index (κ3) is 6.24. The van der Waals surface area contributed by atoms with Gasteiger partial charge in [-0.2, -0.15) is 0 Å². The minimum atomic E-state index is -0.0454. The second kappa shape index (κ2) is 10.3. The summed E-state index contributed by atoms with van der Waals surface area (Å²) in [4.78, 5) is 17.7. The van der Waals surface area contributed by atoms with Gasteiger partial charge in [-0.1, -0.05) is 19.9 Å². The molecule has 0 fully saturated rings. The summed E-state index contributed by atoms with van der Waals surface area (Å²) in [6.45, 7) is 11.9. The molecule has 27 heavy (non-hydrogen) atoms. The third-order valence-electron chi connectivity index (χ3n) is 3.94. The summed E-state index contributed by atoms with van der Waals surface area (Å²) >= 11 is 1.50. The van der Waals surface area contributed by atoms with E-state index in [1.54, 1.807) is 0 Å². The second-order valence-corrected chi connectivity index (χ2v) is 7.86. The van der Waals surface area contributed by atoms with Crippen molar-refractivity contribution < 1.29 is 14.3 Å². The maximum absolute atomic E-state index is 12.5. The number of benzene rings is 1. The zero-order chi connectivity index (χ0) is 19.8. The molecule has 0 unspecified atom stereocenters. The molecule has 2 aromatic rings. The van der Waals surface area contributed by atoms with Gasteiger partial charge in [0.2, 0.25) is 0 Å². The first-order valence-electron chi connectivity index (χ1n) is 9.57. The van der Waals surface area contributed by atoms with Gasteiger partial charge in [0, 0.05) is 13.0 Å². The number of ether oxygens (including phenoxy) is 2. The predicted octanol–water partition coefficient (Wildman–Crippen LogP) is 4.42. The molecule has 1 heterocycles. The van der Waals surface area contributed by atoms with Crippen molar-refractivity contribution in [2.75, 3.05) is 19.8 Å². The molecule has 0 bridgehead atoms. The van der Waals surface area contributed by atoms with E-state index in [0.717, 1.165) is 40.6 Å². The van der Waals surface area contributed by atoms with E-state index in [2.05, 4.69) is 24.1 Å². The number of carbonyl (C=O) groups excluding carboxylic acids is 1. The molecule has 2 rings (SSSR count). The maximum Gasteiger partial charge on any atom is 0.263 e. The molecule has 0 radical (unpaired) electrons. The van der Waals surface area contributed by atoms with Gasteiger partial charge in [0.05, 0.1) is 23.9 Å². The summed E-state index contributed by atoms with van der Waals surface area (Å²) in [5.74, 6) is 1.99. The van der Waals surface area contributed by atoms with Crippen LogP contribution in [0.2, 0.25) is 0 Å². The van der Waals surface area contributed by atoms with E-state index in [1.165, 1.54) is 11.3 Å². The van der Waals surface area contributed by atoms with Crippen LogP contribution in [0.15, 0.2) is 18.2 Å². The maximum atomic E-state index is 12.5. The lowest BCUT2D eigenvalue weighted by molar-refractivity contribution is 0.0957. The number of aryl methyl sites for hydroxylation is 1. The van der Waals surface area contributed by atoms with Gasteiger partial charge in [-0.15, -0.1) is 11.3 Å². The second-order valence-electron chi connectivity index (χ2n) is 6.77. The molecule has 148 valence electrons. The van der Waals surface area contributed by atoms with Gasteiger partial charge in [0.15, 0.2) is 11.5 Å². The molecule has 0 aliphatic heterocycles. The summed E-state index contributed by atoms with van der Waals surface area (Å²) in [7, 11) is 0. The normalized spacial score (nSPS) is 10.9. The molecule has 5 nitrogen and oxygen atoms in total. The fourth-order valence-corrected chi connectivity index (χ4v) is 3.94. The van der Waals surface area contributed by atoms with E-state index in [-0.39, 0.29) is 5.91 Å². The lowest BCUT2D eigenvalue weighted by Gasteiger charge is -2.12. The minimum Gasteiger partial charge on any atom is -0.490 e. The smallest absolute Gasteiger partial charge is 0.263 e. The van der Waals surface area contributed by atoms with E-state index >= 15 is 0 Å². The van der Waals surface area contributed by atoms with Crippen molar-refractivity contribution in [3.8, 4) is 11.5 Å². The minimum absolute atomic E-state index is 0.0454. The number of hydrogen-bond donors (Lipinski definition) is 1. The van der Waals surface area contributed by atoms with Crippen LogP contribution in [-0.4, -0.2) is 30.6 Å². The Hall–Kier alpha value is -2.08. The zero-order valence-electron chi connectivity index (χ0n) is 16.9. The molecule has 0 aliphatic rings. The molecule has 0 spiro atoms. The van der Waals surface area contributed by atoms with Crippen LogP contribution in [0.4, 0.5) is 0 Å². The molecule has 1 N–H and O–H groups in total. The van der Waals surface area contributed by atoms with E-state index in [1.807, 2.05) is 39.0 Å². The van der Waals surface area contributed by atoms with Crippen molar-refractivity contribution >= 4 is 17.2 Å². The molecule has 1 aromatic heterocycles. The molecule has 1 aromatic carbocycles. The van der Waals surface area contributed by atoms with E-state index in [9.17, 15) is 4.79 Å². The van der Waals surface area contributed by atoms with Crippen molar-refractivity contribution in [2.45, 2.75) is 47.5 Å². The fraction of sp³-hybridized carbons (Fsp3) is 0.524. The Labute approximate surface area is 166 Å². The molecular weight excluding hydrogens is 360 g/mol. The number of aromatic nitrogens is 1. The van der Waals surface area contributed by atoms with Crippen molar-refractivity contribution in [1.29, 1.82) is 0 Å². The Morgan fingerprint density at radius 1 is 1.19 bits per heavy atom. The lowest BCUT2D eigenvalue weighted by Crippen LogP contribution is -2.25. The van der Waals surface area contributed by atoms with Crippen molar-refractivity contribution in [3.63, 3.8) is 0 Å². The quantitative estimate of drug-likeness (QED) is 0.652. The van der Waals surface area contributed by atoms with Crippen LogP contribution in [0.3, 0.4) is 0 Å². The number of thiazole rings is 1. The van der Waals surface area contributed by atoms with E-state index < -0.39 is 0 Å². The van der Waals surface area contributed by atoms with Gasteiger partial charge < -0.3 is 14.8 Å². The number of nitrogens with zero attached hydrogens (tertiary/aromatic N) is 1. The van der Waals surface area contributed by atoms with Gasteiger partial charge in [0.1, 0.15) is 4.88 Å². The number of nitrogens with one attached hydrogen (secondary N) is 1. The Morgan fingerprint density at radius 2 is 1.89 bits per heavy atom. The Kier molecular flexibility index (Phi) is 8.10. The van der Waals surface area contributed by atoms with Crippen LogP contribution < -0.4 is 14.8 Å². The van der Waals surface area contributed by atoms with Crippen LogP contribution in [-0.2, 0) is 12.8 Å². The first kappa shape index (κ1) is 21.2. The van der Waals surface area contributed by atoms with Crippen LogP contribution in [0.25, 0.3) is 0 Å². The zero-order valence-corrected chi connectivity index (χ0v) is 17.7. The van der Waals surface area contributed by atoms with Crippen molar-refractivity contribution in [2.24, 2.45) is 5.92 Å². The molecule has 0 saturated carbocycles. The molecule has 6 heteroatoms. The predicted molar refractivity (Wildman–Crippen MR) is 110 cm³/mol. The Bertz CT molecular complexity index is 756. The van der Waals surface area contributed by atoms with Gasteiger partial charge in [-0.05, 0) is 50.8 Å². The summed E-state index contributed by atoms with van der Waals surface area (Å²) in [5, 5.41) is 4.03. The highest BCUT2D eigenvalue weighted by molar-refractivity contribution is 7.13. The average molecular weight is 391 g/mol. The number of rotatable bonds is 10. The van der Waals surface area contributed by atoms with Crippen molar-refractivity contribution in [3.05, 3.63) is 39.3 Å². The highest BCUT2D eigenvalue weighted by Gasteiger charge is 2.15. The first-order chi connectivity index (χ1) is 12.9. The standard InChI is InChI=1S/C21H30N2O3S/c1-6-25-17-9-8-16(13-18(17)26-7-2)10-11-22-21(24)20-15(5)23-19(27-20)12-14(3)4/h8-9,13-14H,6-7,10-12H2,1-5H3,(H,22,24). The van der Waals surface area contributed by atoms with Crippen LogP contribution in [0.5, 0.6) is 11.5 Å². The molecule has 1 amide bonds. The van der Waals surface area contributed by atoms with Crippen LogP contribution in [0.1, 0.15) is 53.6 Å². The topological polar surface area (TPSA) is 60.5 Å². The summed E-state index contributed by atoms with van der Waals surface area (Å²) in [6, 6.07) is 5.93. The van der Waals surface area contributed by atoms with Crippen LogP contribution in [0, 0.1) is 12.8 Å². The highest BCUT2D eigenvalue weighted by Crippen LogP contribution is 2.28. The largest absolute Gasteiger partial charge is 0.490 e. The Balaban J connectivity index is 1.94. The molecule has 0 aliphatic carbocycles. The first-order valence-corrected chi connectivity index (χ1v) is 10.4. The van der Waals surface area contributed by atoms with Gasteiger partial charge in [-0.25, -0.2) is 4.98 Å². The van der Waals surface area contributed by atoms with E-state index in [4.69, 9.17) is 9.47 Å². The Morgan fingerprint density at radius 3 is 2.56 bits per heavy atom. The van der Waals surface area contributed by atoms with Crippen molar-refractivity contribution in [1.82, 2.24) is 10.3 Å². The van der Waals surface area contributed by atoms with Gasteiger partial charge in [-0.3, -0.25) is 4.79 Å². The SMILES string of the molecule is CCOc1ccc(CCNC(=O)c2sc(CC(C)C)nc2C)cc1OCC. The van der Waals surface area contributed by atoms with Gasteiger partial charge >= 0.3 is 0 Å². The molecule has 0 atom stereocenters. The fourth-order valence-electron chi connectivity index (χ4n) is 2.75. The molecule has 0 saturated heterocycles. The summed E-state index contributed by atoms with van der Waals surface area (Å²) in [5.41, 5.74) is 1.91. The van der Waals surface area contributed by atoms with Gasteiger partial charge in [0.25, 0.3) is 5.91 Å². The van der Waals surface area contributed by atoms with Crippen LogP contribution >= 0.6 is 11.3 Å². The summed E-state index contributed by atoms with van der Waals surface area (Å²) < 4.78 is 11.2. The number of carbonyl (C=O) groups is 1. The lowest BCUT2D eigenvalue weighted by atomic mass is 10.1. The number of hydrogen-bond acceptors (Lipinski definition) is 5. The third-order valence-corrected chi connectivity index (χ3v) is 5.12. The summed E-state index contributed by atoms with van der Waals surface area (Å²) in [6.07, 6.45) is 1.64. The average Bonchev–Trinajstić information content (AvgIpc) is 2.97.